The molecule has 1 N–H and O–H groups in total. The second kappa shape index (κ2) is 8.12. The Bertz CT molecular complexity index is 469. The number of methoxy groups -OCH3 is 2. The van der Waals surface area contributed by atoms with Gasteiger partial charge in [-0.3, -0.25) is 4.79 Å². The van der Waals surface area contributed by atoms with E-state index in [-0.39, 0.29) is 5.91 Å². The summed E-state index contributed by atoms with van der Waals surface area (Å²) in [6.07, 6.45) is 0.902. The normalized spacial score (nSPS) is 13.8. The molecule has 0 atom stereocenters. The van der Waals surface area contributed by atoms with Crippen LogP contribution in [0.25, 0.3) is 0 Å². The molecule has 1 aromatic carbocycles. The van der Waals surface area contributed by atoms with Gasteiger partial charge >= 0.3 is 0 Å². The van der Waals surface area contributed by atoms with Crippen molar-refractivity contribution in [2.75, 3.05) is 47.1 Å². The molecule has 0 bridgehead atoms. The molecule has 116 valence electrons. The molecule has 1 heterocycles. The van der Waals surface area contributed by atoms with Gasteiger partial charge in [-0.25, -0.2) is 0 Å². The third-order valence-corrected chi connectivity index (χ3v) is 3.79. The summed E-state index contributed by atoms with van der Waals surface area (Å²) in [7, 11) is 3.30. The van der Waals surface area contributed by atoms with E-state index in [4.69, 9.17) is 9.47 Å². The molecule has 0 aliphatic carbocycles. The van der Waals surface area contributed by atoms with Gasteiger partial charge in [0.15, 0.2) is 0 Å². The van der Waals surface area contributed by atoms with Crippen LogP contribution in [0.2, 0.25) is 0 Å². The SMILES string of the molecule is COCCN(CCOC)C(=O)c1cccc2c1CCNC2. The zero-order valence-corrected chi connectivity index (χ0v) is 12.9. The number of hydrogen-bond acceptors (Lipinski definition) is 4. The van der Waals surface area contributed by atoms with Crippen molar-refractivity contribution >= 4 is 5.91 Å². The molecule has 0 saturated heterocycles. The summed E-state index contributed by atoms with van der Waals surface area (Å²) >= 11 is 0. The fourth-order valence-corrected chi connectivity index (χ4v) is 2.62. The number of carbonyl (C=O) groups excluding carboxylic acids is 1. The van der Waals surface area contributed by atoms with Crippen molar-refractivity contribution in [1.29, 1.82) is 0 Å². The van der Waals surface area contributed by atoms with Crippen molar-refractivity contribution in [2.45, 2.75) is 13.0 Å². The average molecular weight is 292 g/mol. The largest absolute Gasteiger partial charge is 0.383 e. The third-order valence-electron chi connectivity index (χ3n) is 3.79. The number of nitrogens with zero attached hydrogens (tertiary/aromatic N) is 1. The van der Waals surface area contributed by atoms with E-state index in [0.717, 1.165) is 25.1 Å². The smallest absolute Gasteiger partial charge is 0.254 e. The maximum absolute atomic E-state index is 12.8. The van der Waals surface area contributed by atoms with Gasteiger partial charge in [0.05, 0.1) is 13.2 Å². The molecule has 2 rings (SSSR count). The van der Waals surface area contributed by atoms with Gasteiger partial charge in [0.1, 0.15) is 0 Å². The Balaban J connectivity index is 2.19. The van der Waals surface area contributed by atoms with Crippen LogP contribution in [0.1, 0.15) is 21.5 Å². The molecule has 0 aromatic heterocycles. The van der Waals surface area contributed by atoms with E-state index in [1.807, 2.05) is 17.0 Å². The van der Waals surface area contributed by atoms with E-state index < -0.39 is 0 Å². The molecule has 5 nitrogen and oxygen atoms in total. The monoisotopic (exact) mass is 292 g/mol. The molecule has 5 heteroatoms. The van der Waals surface area contributed by atoms with E-state index in [9.17, 15) is 4.79 Å². The summed E-state index contributed by atoms with van der Waals surface area (Å²) in [5, 5.41) is 3.34. The Kier molecular flexibility index (Phi) is 6.17. The van der Waals surface area contributed by atoms with Gasteiger partial charge in [-0.1, -0.05) is 12.1 Å². The van der Waals surface area contributed by atoms with E-state index >= 15 is 0 Å². The van der Waals surface area contributed by atoms with Crippen LogP contribution in [0.15, 0.2) is 18.2 Å². The lowest BCUT2D eigenvalue weighted by Crippen LogP contribution is -2.37. The summed E-state index contributed by atoms with van der Waals surface area (Å²) in [5.74, 6) is 0.0721. The Morgan fingerprint density at radius 3 is 2.62 bits per heavy atom. The predicted octanol–water partition coefficient (Wildman–Crippen LogP) is 1.07. The molecular weight excluding hydrogens is 268 g/mol. The number of hydrogen-bond donors (Lipinski definition) is 1. The highest BCUT2D eigenvalue weighted by Gasteiger charge is 2.21. The molecule has 0 saturated carbocycles. The first-order chi connectivity index (χ1) is 10.3. The Morgan fingerprint density at radius 1 is 1.24 bits per heavy atom. The van der Waals surface area contributed by atoms with Crippen molar-refractivity contribution in [1.82, 2.24) is 10.2 Å². The highest BCUT2D eigenvalue weighted by molar-refractivity contribution is 5.96. The highest BCUT2D eigenvalue weighted by atomic mass is 16.5. The van der Waals surface area contributed by atoms with Gasteiger partial charge in [0, 0.05) is 39.4 Å². The second-order valence-electron chi connectivity index (χ2n) is 5.15. The molecule has 1 amide bonds. The molecular formula is C16H24N2O3. The van der Waals surface area contributed by atoms with E-state index in [1.54, 1.807) is 14.2 Å². The van der Waals surface area contributed by atoms with Crippen molar-refractivity contribution in [3.05, 3.63) is 34.9 Å². The fourth-order valence-electron chi connectivity index (χ4n) is 2.62. The number of rotatable bonds is 7. The minimum Gasteiger partial charge on any atom is -0.383 e. The summed E-state index contributed by atoms with van der Waals surface area (Å²) in [4.78, 5) is 14.6. The molecule has 0 unspecified atom stereocenters. The summed E-state index contributed by atoms with van der Waals surface area (Å²) in [6.45, 7) is 4.00. The lowest BCUT2D eigenvalue weighted by Gasteiger charge is -2.25. The van der Waals surface area contributed by atoms with Crippen LogP contribution in [-0.2, 0) is 22.4 Å². The predicted molar refractivity (Wildman–Crippen MR) is 81.5 cm³/mol. The minimum absolute atomic E-state index is 0.0721. The van der Waals surface area contributed by atoms with Gasteiger partial charge < -0.3 is 19.7 Å². The summed E-state index contributed by atoms with van der Waals surface area (Å²) in [6, 6.07) is 5.98. The molecule has 1 aliphatic rings. The van der Waals surface area contributed by atoms with Crippen LogP contribution in [0, 0.1) is 0 Å². The second-order valence-corrected chi connectivity index (χ2v) is 5.15. The minimum atomic E-state index is 0.0721. The first-order valence-corrected chi connectivity index (χ1v) is 7.36. The lowest BCUT2D eigenvalue weighted by atomic mass is 9.95. The summed E-state index contributed by atoms with van der Waals surface area (Å²) < 4.78 is 10.2. The fraction of sp³-hybridized carbons (Fsp3) is 0.562. The number of benzene rings is 1. The maximum Gasteiger partial charge on any atom is 0.254 e. The van der Waals surface area contributed by atoms with Crippen molar-refractivity contribution in [3.63, 3.8) is 0 Å². The van der Waals surface area contributed by atoms with Crippen LogP contribution in [0.3, 0.4) is 0 Å². The zero-order valence-electron chi connectivity index (χ0n) is 12.9. The number of amides is 1. The van der Waals surface area contributed by atoms with Crippen molar-refractivity contribution < 1.29 is 14.3 Å². The highest BCUT2D eigenvalue weighted by Crippen LogP contribution is 2.20. The maximum atomic E-state index is 12.8. The number of nitrogens with one attached hydrogen (secondary N) is 1. The Morgan fingerprint density at radius 2 is 1.95 bits per heavy atom. The molecule has 0 spiro atoms. The van der Waals surface area contributed by atoms with Gasteiger partial charge in [-0.2, -0.15) is 0 Å². The summed E-state index contributed by atoms with van der Waals surface area (Å²) in [5.41, 5.74) is 3.23. The van der Waals surface area contributed by atoms with Crippen LogP contribution in [0.5, 0.6) is 0 Å². The van der Waals surface area contributed by atoms with Gasteiger partial charge in [0.25, 0.3) is 5.91 Å². The standard InChI is InChI=1S/C16H24N2O3/c1-20-10-8-18(9-11-21-2)16(19)15-5-3-4-13-12-17-7-6-14(13)15/h3-5,17H,6-12H2,1-2H3. The van der Waals surface area contributed by atoms with Crippen LogP contribution in [-0.4, -0.2) is 57.9 Å². The molecule has 1 aliphatic heterocycles. The van der Waals surface area contributed by atoms with E-state index in [0.29, 0.717) is 26.3 Å². The molecule has 0 radical (unpaired) electrons. The average Bonchev–Trinajstić information content (AvgIpc) is 2.54. The molecule has 21 heavy (non-hydrogen) atoms. The van der Waals surface area contributed by atoms with E-state index in [2.05, 4.69) is 11.4 Å². The van der Waals surface area contributed by atoms with E-state index in [1.165, 1.54) is 11.1 Å². The lowest BCUT2D eigenvalue weighted by molar-refractivity contribution is 0.0626. The van der Waals surface area contributed by atoms with Gasteiger partial charge in [-0.05, 0) is 30.2 Å². The Hall–Kier alpha value is -1.43. The molecule has 0 fully saturated rings. The molecule has 1 aromatic rings. The number of fused-ring (bicyclic) bond motifs is 1. The third kappa shape index (κ3) is 4.03. The van der Waals surface area contributed by atoms with Crippen LogP contribution < -0.4 is 5.32 Å². The number of ether oxygens (including phenoxy) is 2. The first kappa shape index (κ1) is 15.9. The van der Waals surface area contributed by atoms with Crippen molar-refractivity contribution in [2.24, 2.45) is 0 Å². The van der Waals surface area contributed by atoms with Crippen LogP contribution >= 0.6 is 0 Å². The quantitative estimate of drug-likeness (QED) is 0.817. The first-order valence-electron chi connectivity index (χ1n) is 7.36. The van der Waals surface area contributed by atoms with Crippen molar-refractivity contribution in [3.8, 4) is 0 Å². The van der Waals surface area contributed by atoms with Crippen LogP contribution in [0.4, 0.5) is 0 Å². The topological polar surface area (TPSA) is 50.8 Å². The van der Waals surface area contributed by atoms with Gasteiger partial charge in [0.2, 0.25) is 0 Å². The zero-order chi connectivity index (χ0) is 15.1. The number of carbonyl (C=O) groups is 1. The Labute approximate surface area is 126 Å². The van der Waals surface area contributed by atoms with Gasteiger partial charge in [-0.15, -0.1) is 0 Å².